The third-order valence-electron chi connectivity index (χ3n) is 2.41. The van der Waals surface area contributed by atoms with E-state index < -0.39 is 10.9 Å². The number of ether oxygens (including phenoxy) is 1. The van der Waals surface area contributed by atoms with Gasteiger partial charge in [-0.2, -0.15) is 5.26 Å². The van der Waals surface area contributed by atoms with Gasteiger partial charge in [-0.25, -0.2) is 4.98 Å². The summed E-state index contributed by atoms with van der Waals surface area (Å²) in [5.41, 5.74) is -0.227. The molecule has 1 aromatic rings. The summed E-state index contributed by atoms with van der Waals surface area (Å²) in [5, 5.41) is 19.6. The third-order valence-corrected chi connectivity index (χ3v) is 2.41. The van der Waals surface area contributed by atoms with Crippen molar-refractivity contribution >= 4 is 17.5 Å². The summed E-state index contributed by atoms with van der Waals surface area (Å²) in [6.07, 6.45) is 1.05. The van der Waals surface area contributed by atoms with Crippen LogP contribution in [0.15, 0.2) is 12.3 Å². The topological polar surface area (TPSA) is 109 Å². The number of methoxy groups -OCH3 is 1. The van der Waals surface area contributed by atoms with E-state index in [0.717, 1.165) is 12.3 Å². The van der Waals surface area contributed by atoms with Gasteiger partial charge >= 0.3 is 5.97 Å². The highest BCUT2D eigenvalue weighted by atomic mass is 16.6. The first-order valence-electron chi connectivity index (χ1n) is 5.39. The molecule has 1 rings (SSSR count). The van der Waals surface area contributed by atoms with Crippen LogP contribution in [0, 0.1) is 21.4 Å². The Kier molecular flexibility index (Phi) is 4.76. The lowest BCUT2D eigenvalue weighted by Crippen LogP contribution is -2.31. The summed E-state index contributed by atoms with van der Waals surface area (Å²) in [6.45, 7) is 2.11. The van der Waals surface area contributed by atoms with E-state index in [9.17, 15) is 14.9 Å². The van der Waals surface area contributed by atoms with Crippen molar-refractivity contribution < 1.29 is 14.5 Å². The number of rotatable bonds is 5. The number of carbonyl (C=O) groups excluding carboxylic acids is 1. The number of nitriles is 1. The van der Waals surface area contributed by atoms with Crippen LogP contribution in [0.1, 0.15) is 12.5 Å². The van der Waals surface area contributed by atoms with Crippen molar-refractivity contribution in [3.05, 3.63) is 27.9 Å². The fourth-order valence-electron chi connectivity index (χ4n) is 1.44. The molecule has 0 aliphatic carbocycles. The van der Waals surface area contributed by atoms with Gasteiger partial charge < -0.3 is 9.64 Å². The van der Waals surface area contributed by atoms with Gasteiger partial charge in [0.15, 0.2) is 0 Å². The van der Waals surface area contributed by atoms with E-state index in [4.69, 9.17) is 5.26 Å². The van der Waals surface area contributed by atoms with Crippen LogP contribution in [-0.4, -0.2) is 36.1 Å². The number of carbonyl (C=O) groups is 1. The molecule has 0 aromatic carbocycles. The van der Waals surface area contributed by atoms with Gasteiger partial charge in [0, 0.05) is 12.6 Å². The quantitative estimate of drug-likeness (QED) is 0.440. The van der Waals surface area contributed by atoms with Gasteiger partial charge in [-0.05, 0) is 6.92 Å². The zero-order chi connectivity index (χ0) is 14.4. The zero-order valence-corrected chi connectivity index (χ0v) is 10.5. The second-order valence-corrected chi connectivity index (χ2v) is 3.52. The smallest absolute Gasteiger partial charge is 0.325 e. The van der Waals surface area contributed by atoms with Crippen molar-refractivity contribution in [3.63, 3.8) is 0 Å². The van der Waals surface area contributed by atoms with Gasteiger partial charge in [-0.1, -0.05) is 0 Å². The van der Waals surface area contributed by atoms with Crippen LogP contribution in [0.5, 0.6) is 0 Å². The Morgan fingerprint density at radius 2 is 2.37 bits per heavy atom. The Hall–Kier alpha value is -2.69. The van der Waals surface area contributed by atoms with E-state index in [0.29, 0.717) is 6.54 Å². The third kappa shape index (κ3) is 3.38. The number of nitrogens with zero attached hydrogens (tertiary/aromatic N) is 4. The molecule has 0 atom stereocenters. The Bertz CT molecular complexity index is 538. The normalized spacial score (nSPS) is 9.53. The van der Waals surface area contributed by atoms with Gasteiger partial charge in [-0.15, -0.1) is 0 Å². The highest BCUT2D eigenvalue weighted by Crippen LogP contribution is 2.21. The zero-order valence-electron chi connectivity index (χ0n) is 10.5. The maximum Gasteiger partial charge on any atom is 0.325 e. The van der Waals surface area contributed by atoms with E-state index in [-0.39, 0.29) is 23.6 Å². The molecule has 0 amide bonds. The van der Waals surface area contributed by atoms with E-state index in [1.165, 1.54) is 12.0 Å². The molecule has 0 radical (unpaired) electrons. The molecule has 8 heteroatoms. The van der Waals surface area contributed by atoms with Gasteiger partial charge in [0.2, 0.25) is 0 Å². The van der Waals surface area contributed by atoms with Crippen LogP contribution >= 0.6 is 0 Å². The first-order chi connectivity index (χ1) is 9.03. The molecule has 8 nitrogen and oxygen atoms in total. The molecule has 0 unspecified atom stereocenters. The predicted molar refractivity (Wildman–Crippen MR) is 65.5 cm³/mol. The van der Waals surface area contributed by atoms with Crippen LogP contribution in [0.2, 0.25) is 0 Å². The van der Waals surface area contributed by atoms with Crippen LogP contribution in [0.25, 0.3) is 0 Å². The minimum absolute atomic E-state index is 0.0416. The summed E-state index contributed by atoms with van der Waals surface area (Å²) < 4.78 is 4.54. The first-order valence-corrected chi connectivity index (χ1v) is 5.39. The number of hydrogen-bond acceptors (Lipinski definition) is 7. The molecule has 0 fully saturated rings. The van der Waals surface area contributed by atoms with Crippen LogP contribution in [0.4, 0.5) is 11.5 Å². The first kappa shape index (κ1) is 14.4. The molecule has 1 heterocycles. The molecular formula is C11H12N4O4. The molecule has 0 bridgehead atoms. The Labute approximate surface area is 109 Å². The molecule has 100 valence electrons. The monoisotopic (exact) mass is 264 g/mol. The second-order valence-electron chi connectivity index (χ2n) is 3.52. The van der Waals surface area contributed by atoms with E-state index in [2.05, 4.69) is 9.72 Å². The average molecular weight is 264 g/mol. The van der Waals surface area contributed by atoms with Crippen molar-refractivity contribution in [3.8, 4) is 6.07 Å². The lowest BCUT2D eigenvalue weighted by atomic mass is 10.2. The number of nitro groups is 1. The summed E-state index contributed by atoms with van der Waals surface area (Å²) in [6, 6.07) is 2.96. The summed E-state index contributed by atoms with van der Waals surface area (Å²) in [4.78, 5) is 26.6. The van der Waals surface area contributed by atoms with Crippen molar-refractivity contribution in [1.82, 2.24) is 4.98 Å². The predicted octanol–water partition coefficient (Wildman–Crippen LogP) is 0.861. The van der Waals surface area contributed by atoms with Crippen molar-refractivity contribution in [2.45, 2.75) is 6.92 Å². The molecule has 0 aliphatic heterocycles. The number of hydrogen-bond donors (Lipinski definition) is 0. The van der Waals surface area contributed by atoms with E-state index >= 15 is 0 Å². The van der Waals surface area contributed by atoms with Crippen LogP contribution in [-0.2, 0) is 9.53 Å². The highest BCUT2D eigenvalue weighted by Gasteiger charge is 2.18. The summed E-state index contributed by atoms with van der Waals surface area (Å²) >= 11 is 0. The lowest BCUT2D eigenvalue weighted by Gasteiger charge is -2.20. The van der Waals surface area contributed by atoms with Gasteiger partial charge in [0.05, 0.1) is 12.0 Å². The fraction of sp³-hybridized carbons (Fsp3) is 0.364. The Balaban J connectivity index is 3.14. The number of anilines is 1. The maximum absolute atomic E-state index is 11.2. The Morgan fingerprint density at radius 1 is 1.68 bits per heavy atom. The summed E-state index contributed by atoms with van der Waals surface area (Å²) in [7, 11) is 1.25. The number of esters is 1. The van der Waals surface area contributed by atoms with Gasteiger partial charge in [0.1, 0.15) is 30.2 Å². The minimum atomic E-state index is -0.631. The molecule has 0 saturated carbocycles. The molecule has 19 heavy (non-hydrogen) atoms. The van der Waals surface area contributed by atoms with Gasteiger partial charge in [0.25, 0.3) is 5.69 Å². The molecule has 0 spiro atoms. The average Bonchev–Trinajstić information content (AvgIpc) is 2.43. The van der Waals surface area contributed by atoms with Crippen LogP contribution in [0.3, 0.4) is 0 Å². The van der Waals surface area contributed by atoms with Crippen molar-refractivity contribution in [2.75, 3.05) is 25.1 Å². The largest absolute Gasteiger partial charge is 0.468 e. The van der Waals surface area contributed by atoms with Gasteiger partial charge in [-0.3, -0.25) is 14.9 Å². The van der Waals surface area contributed by atoms with E-state index in [1.807, 2.05) is 6.07 Å². The van der Waals surface area contributed by atoms with E-state index in [1.54, 1.807) is 6.92 Å². The minimum Gasteiger partial charge on any atom is -0.468 e. The number of pyridine rings is 1. The number of aromatic nitrogens is 1. The number of likely N-dealkylation sites (N-methyl/N-ethyl adjacent to an activating group) is 1. The van der Waals surface area contributed by atoms with Crippen LogP contribution < -0.4 is 4.90 Å². The van der Waals surface area contributed by atoms with Crippen molar-refractivity contribution in [1.29, 1.82) is 5.26 Å². The molecule has 1 aromatic heterocycles. The SMILES string of the molecule is CCN(CC(=O)OC)c1ncc([N+](=O)[O-])cc1C#N. The maximum atomic E-state index is 11.2. The highest BCUT2D eigenvalue weighted by molar-refractivity contribution is 5.76. The molecular weight excluding hydrogens is 252 g/mol. The summed E-state index contributed by atoms with van der Waals surface area (Å²) in [5.74, 6) is -0.258. The molecule has 0 aliphatic rings. The molecule has 0 saturated heterocycles. The second kappa shape index (κ2) is 6.30. The van der Waals surface area contributed by atoms with Crippen molar-refractivity contribution in [2.24, 2.45) is 0 Å². The fourth-order valence-corrected chi connectivity index (χ4v) is 1.44. The Morgan fingerprint density at radius 3 is 2.84 bits per heavy atom. The molecule has 0 N–H and O–H groups in total. The standard InChI is InChI=1S/C11H12N4O4/c1-3-14(7-10(16)19-2)11-8(5-12)4-9(6-13-11)15(17)18/h4,6H,3,7H2,1-2H3. The lowest BCUT2D eigenvalue weighted by molar-refractivity contribution is -0.385.